The van der Waals surface area contributed by atoms with Crippen molar-refractivity contribution >= 4 is 11.6 Å². The van der Waals surface area contributed by atoms with Gasteiger partial charge in [0, 0.05) is 31.2 Å². The number of rotatable bonds is 5. The second-order valence-corrected chi connectivity index (χ2v) is 6.38. The Morgan fingerprint density at radius 2 is 2.24 bits per heavy atom. The Morgan fingerprint density at radius 3 is 2.95 bits per heavy atom. The zero-order valence-corrected chi connectivity index (χ0v) is 13.1. The van der Waals surface area contributed by atoms with E-state index >= 15 is 0 Å². The number of carbonyl (C=O) groups excluding carboxylic acids is 1. The highest BCUT2D eigenvalue weighted by Crippen LogP contribution is 2.15. The van der Waals surface area contributed by atoms with E-state index in [4.69, 9.17) is 5.73 Å². The van der Waals surface area contributed by atoms with Crippen LogP contribution in [-0.4, -0.2) is 36.5 Å². The molecule has 2 unspecified atom stereocenters. The third kappa shape index (κ3) is 5.48. The molecule has 3 N–H and O–H groups in total. The fourth-order valence-electron chi connectivity index (χ4n) is 3.10. The maximum Gasteiger partial charge on any atom is 0.224 e. The van der Waals surface area contributed by atoms with Crippen molar-refractivity contribution in [2.75, 3.05) is 25.0 Å². The number of likely N-dealkylation sites (tertiary alicyclic amines) is 1. The van der Waals surface area contributed by atoms with Crippen LogP contribution in [0.15, 0.2) is 24.3 Å². The largest absolute Gasteiger partial charge is 0.327 e. The molecule has 1 fully saturated rings. The first-order valence-corrected chi connectivity index (χ1v) is 7.87. The fraction of sp³-hybridized carbons (Fsp3) is 0.588. The highest BCUT2D eigenvalue weighted by molar-refractivity contribution is 5.90. The van der Waals surface area contributed by atoms with E-state index in [2.05, 4.69) is 17.1 Å². The van der Waals surface area contributed by atoms with Gasteiger partial charge in [0.05, 0.1) is 0 Å². The van der Waals surface area contributed by atoms with Crippen LogP contribution in [0.3, 0.4) is 0 Å². The average Bonchev–Trinajstić information content (AvgIpc) is 2.37. The van der Waals surface area contributed by atoms with E-state index in [0.29, 0.717) is 12.3 Å². The van der Waals surface area contributed by atoms with E-state index in [9.17, 15) is 4.79 Å². The maximum atomic E-state index is 11.9. The average molecular weight is 289 g/mol. The van der Waals surface area contributed by atoms with Crippen molar-refractivity contribution in [1.82, 2.24) is 4.90 Å². The summed E-state index contributed by atoms with van der Waals surface area (Å²) in [4.78, 5) is 14.3. The fourth-order valence-corrected chi connectivity index (χ4v) is 3.10. The lowest BCUT2D eigenvalue weighted by Gasteiger charge is -2.34. The number of hydrogen-bond acceptors (Lipinski definition) is 3. The van der Waals surface area contributed by atoms with E-state index < -0.39 is 0 Å². The number of nitrogens with one attached hydrogen (secondary N) is 1. The van der Waals surface area contributed by atoms with Crippen LogP contribution >= 0.6 is 0 Å². The van der Waals surface area contributed by atoms with Crippen molar-refractivity contribution in [2.24, 2.45) is 11.7 Å². The number of piperidine rings is 1. The van der Waals surface area contributed by atoms with E-state index in [1.807, 2.05) is 31.2 Å². The molecule has 1 aliphatic heterocycles. The predicted octanol–water partition coefficient (Wildman–Crippen LogP) is 2.38. The highest BCUT2D eigenvalue weighted by Gasteiger charge is 2.21. The number of hydrogen-bond donors (Lipinski definition) is 2. The number of aryl methyl sites for hydroxylation is 1. The molecule has 1 aromatic carbocycles. The summed E-state index contributed by atoms with van der Waals surface area (Å²) in [5, 5.41) is 2.96. The first kappa shape index (κ1) is 16.0. The van der Waals surface area contributed by atoms with Gasteiger partial charge in [-0.25, -0.2) is 0 Å². The third-order valence-corrected chi connectivity index (χ3v) is 3.95. The lowest BCUT2D eigenvalue weighted by Crippen LogP contribution is -2.46. The summed E-state index contributed by atoms with van der Waals surface area (Å²) in [6.07, 6.45) is 2.56. The number of anilines is 1. The molecule has 0 aromatic heterocycles. The zero-order chi connectivity index (χ0) is 15.2. The lowest BCUT2D eigenvalue weighted by molar-refractivity contribution is -0.116. The van der Waals surface area contributed by atoms with Crippen LogP contribution in [0, 0.1) is 12.8 Å². The van der Waals surface area contributed by atoms with Crippen molar-refractivity contribution in [3.05, 3.63) is 29.8 Å². The van der Waals surface area contributed by atoms with Gasteiger partial charge >= 0.3 is 0 Å². The monoisotopic (exact) mass is 289 g/mol. The van der Waals surface area contributed by atoms with Crippen molar-refractivity contribution in [3.8, 4) is 0 Å². The molecule has 116 valence electrons. The quantitative estimate of drug-likeness (QED) is 0.875. The van der Waals surface area contributed by atoms with Crippen LogP contribution in [0.25, 0.3) is 0 Å². The summed E-state index contributed by atoms with van der Waals surface area (Å²) in [6, 6.07) is 8.19. The molecule has 4 nitrogen and oxygen atoms in total. The van der Waals surface area contributed by atoms with Crippen LogP contribution < -0.4 is 11.1 Å². The number of benzene rings is 1. The Morgan fingerprint density at radius 1 is 1.43 bits per heavy atom. The van der Waals surface area contributed by atoms with Crippen molar-refractivity contribution in [1.29, 1.82) is 0 Å². The molecule has 1 saturated heterocycles. The van der Waals surface area contributed by atoms with Crippen molar-refractivity contribution in [2.45, 2.75) is 39.2 Å². The molecule has 1 aliphatic rings. The molecule has 0 radical (unpaired) electrons. The minimum absolute atomic E-state index is 0.0926. The zero-order valence-electron chi connectivity index (χ0n) is 13.1. The van der Waals surface area contributed by atoms with Gasteiger partial charge in [-0.1, -0.05) is 19.1 Å². The van der Waals surface area contributed by atoms with Crippen LogP contribution in [0.2, 0.25) is 0 Å². The van der Waals surface area contributed by atoms with Gasteiger partial charge in [0.2, 0.25) is 5.91 Å². The molecule has 2 atom stereocenters. The number of nitrogens with zero attached hydrogens (tertiary/aromatic N) is 1. The van der Waals surface area contributed by atoms with Gasteiger partial charge in [-0.05, 0) is 49.9 Å². The molecule has 21 heavy (non-hydrogen) atoms. The van der Waals surface area contributed by atoms with Crippen LogP contribution in [0.4, 0.5) is 5.69 Å². The van der Waals surface area contributed by atoms with Gasteiger partial charge in [-0.15, -0.1) is 0 Å². The standard InChI is InChI=1S/C17H27N3O/c1-13-5-3-6-16(10-13)19-17(21)7-4-8-20-11-14(2)9-15(18)12-20/h3,5-6,10,14-15H,4,7-9,11-12,18H2,1-2H3,(H,19,21). The second-order valence-electron chi connectivity index (χ2n) is 6.38. The van der Waals surface area contributed by atoms with Crippen LogP contribution in [-0.2, 0) is 4.79 Å². The van der Waals surface area contributed by atoms with E-state index in [0.717, 1.165) is 43.7 Å². The summed E-state index contributed by atoms with van der Waals surface area (Å²) >= 11 is 0. The molecular formula is C17H27N3O. The first-order chi connectivity index (χ1) is 10.0. The summed E-state index contributed by atoms with van der Waals surface area (Å²) < 4.78 is 0. The molecule has 1 heterocycles. The smallest absolute Gasteiger partial charge is 0.224 e. The van der Waals surface area contributed by atoms with Gasteiger partial charge in [-0.3, -0.25) is 4.79 Å². The molecule has 4 heteroatoms. The molecule has 0 bridgehead atoms. The maximum absolute atomic E-state index is 11.9. The Labute approximate surface area is 127 Å². The van der Waals surface area contributed by atoms with Gasteiger partial charge in [-0.2, -0.15) is 0 Å². The number of nitrogens with two attached hydrogens (primary N) is 1. The minimum atomic E-state index is 0.0926. The van der Waals surface area contributed by atoms with Crippen molar-refractivity contribution in [3.63, 3.8) is 0 Å². The second kappa shape index (κ2) is 7.57. The molecule has 0 spiro atoms. The van der Waals surface area contributed by atoms with E-state index in [1.165, 1.54) is 0 Å². The van der Waals surface area contributed by atoms with Gasteiger partial charge in [0.15, 0.2) is 0 Å². The summed E-state index contributed by atoms with van der Waals surface area (Å²) in [7, 11) is 0. The topological polar surface area (TPSA) is 58.4 Å². The van der Waals surface area contributed by atoms with E-state index in [-0.39, 0.29) is 11.9 Å². The Bertz CT molecular complexity index is 465. The van der Waals surface area contributed by atoms with Gasteiger partial charge < -0.3 is 16.0 Å². The van der Waals surface area contributed by atoms with Crippen LogP contribution in [0.1, 0.15) is 31.7 Å². The Kier molecular flexibility index (Phi) is 5.76. The molecule has 0 saturated carbocycles. The van der Waals surface area contributed by atoms with Gasteiger partial charge in [0.25, 0.3) is 0 Å². The molecule has 0 aliphatic carbocycles. The normalized spacial score (nSPS) is 23.0. The predicted molar refractivity (Wildman–Crippen MR) is 87.2 cm³/mol. The Balaban J connectivity index is 1.69. The minimum Gasteiger partial charge on any atom is -0.327 e. The number of carbonyl (C=O) groups is 1. The third-order valence-electron chi connectivity index (χ3n) is 3.95. The Hall–Kier alpha value is -1.39. The highest BCUT2D eigenvalue weighted by atomic mass is 16.1. The van der Waals surface area contributed by atoms with Gasteiger partial charge in [0.1, 0.15) is 0 Å². The SMILES string of the molecule is Cc1cccc(NC(=O)CCCN2CC(C)CC(N)C2)c1. The van der Waals surface area contributed by atoms with Crippen LogP contribution in [0.5, 0.6) is 0 Å². The van der Waals surface area contributed by atoms with Crippen molar-refractivity contribution < 1.29 is 4.79 Å². The molecule has 2 rings (SSSR count). The van der Waals surface area contributed by atoms with E-state index in [1.54, 1.807) is 0 Å². The summed E-state index contributed by atoms with van der Waals surface area (Å²) in [6.45, 7) is 7.29. The first-order valence-electron chi connectivity index (χ1n) is 7.87. The molecule has 1 amide bonds. The summed E-state index contributed by atoms with van der Waals surface area (Å²) in [5.74, 6) is 0.754. The summed E-state index contributed by atoms with van der Waals surface area (Å²) in [5.41, 5.74) is 8.08. The lowest BCUT2D eigenvalue weighted by atomic mass is 9.96. The molecule has 1 aromatic rings. The molecular weight excluding hydrogens is 262 g/mol. The number of amides is 1.